The van der Waals surface area contributed by atoms with Gasteiger partial charge in [0.05, 0.1) is 13.2 Å². The zero-order valence-electron chi connectivity index (χ0n) is 9.72. The summed E-state index contributed by atoms with van der Waals surface area (Å²) in [6.07, 6.45) is 0. The Labute approximate surface area is 96.6 Å². The highest BCUT2D eigenvalue weighted by molar-refractivity contribution is 5.49. The van der Waals surface area contributed by atoms with Crippen LogP contribution in [-0.4, -0.2) is 38.0 Å². The fourth-order valence-corrected chi connectivity index (χ4v) is 1.95. The van der Waals surface area contributed by atoms with E-state index in [4.69, 9.17) is 9.84 Å². The molecule has 1 aliphatic rings. The topological polar surface area (TPSA) is 32.7 Å². The minimum absolute atomic E-state index is 0.201. The number of aliphatic hydroxyl groups is 1. The fourth-order valence-electron chi connectivity index (χ4n) is 1.95. The summed E-state index contributed by atoms with van der Waals surface area (Å²) < 4.78 is 5.34. The molecule has 3 heteroatoms. The van der Waals surface area contributed by atoms with Crippen LogP contribution < -0.4 is 4.90 Å². The van der Waals surface area contributed by atoms with E-state index < -0.39 is 0 Å². The van der Waals surface area contributed by atoms with Crippen LogP contribution in [0.4, 0.5) is 5.69 Å². The van der Waals surface area contributed by atoms with Crippen molar-refractivity contribution < 1.29 is 9.84 Å². The average molecular weight is 221 g/mol. The lowest BCUT2D eigenvalue weighted by molar-refractivity contribution is 0.122. The molecule has 0 amide bonds. The molecule has 16 heavy (non-hydrogen) atoms. The number of nitrogens with zero attached hydrogens (tertiary/aromatic N) is 1. The van der Waals surface area contributed by atoms with E-state index in [-0.39, 0.29) is 12.5 Å². The van der Waals surface area contributed by atoms with Crippen LogP contribution in [0.15, 0.2) is 24.3 Å². The minimum Gasteiger partial charge on any atom is -0.396 e. The molecule has 1 unspecified atom stereocenters. The predicted octanol–water partition coefficient (Wildman–Crippen LogP) is 1.62. The van der Waals surface area contributed by atoms with Gasteiger partial charge < -0.3 is 14.7 Å². The van der Waals surface area contributed by atoms with Gasteiger partial charge in [-0.25, -0.2) is 0 Å². The van der Waals surface area contributed by atoms with E-state index >= 15 is 0 Å². The molecule has 0 bridgehead atoms. The van der Waals surface area contributed by atoms with Crippen molar-refractivity contribution in [2.45, 2.75) is 12.8 Å². The molecule has 1 atom stereocenters. The van der Waals surface area contributed by atoms with Crippen LogP contribution in [0.2, 0.25) is 0 Å². The highest BCUT2D eigenvalue weighted by Gasteiger charge is 2.12. The summed E-state index contributed by atoms with van der Waals surface area (Å²) in [5.74, 6) is 0.209. The highest BCUT2D eigenvalue weighted by Crippen LogP contribution is 2.22. The van der Waals surface area contributed by atoms with Crippen LogP contribution in [0.3, 0.4) is 0 Å². The van der Waals surface area contributed by atoms with Gasteiger partial charge in [0.2, 0.25) is 0 Å². The van der Waals surface area contributed by atoms with Gasteiger partial charge in [-0.05, 0) is 17.7 Å². The van der Waals surface area contributed by atoms with Gasteiger partial charge in [-0.15, -0.1) is 0 Å². The maximum Gasteiger partial charge on any atom is 0.0642 e. The molecule has 0 aromatic heterocycles. The summed E-state index contributed by atoms with van der Waals surface area (Å²) in [4.78, 5) is 2.33. The first-order valence-corrected chi connectivity index (χ1v) is 5.85. The molecule has 0 radical (unpaired) electrons. The Morgan fingerprint density at radius 1 is 1.38 bits per heavy atom. The highest BCUT2D eigenvalue weighted by atomic mass is 16.5. The summed E-state index contributed by atoms with van der Waals surface area (Å²) in [6, 6.07) is 8.43. The molecule has 1 aliphatic heterocycles. The summed E-state index contributed by atoms with van der Waals surface area (Å²) in [5.41, 5.74) is 2.44. The minimum atomic E-state index is 0.201. The number of ether oxygens (including phenoxy) is 1. The average Bonchev–Trinajstić information content (AvgIpc) is 2.39. The normalized spacial score (nSPS) is 18.5. The van der Waals surface area contributed by atoms with Crippen molar-refractivity contribution in [3.05, 3.63) is 29.8 Å². The van der Waals surface area contributed by atoms with E-state index in [0.29, 0.717) is 0 Å². The first-order chi connectivity index (χ1) is 7.81. The van der Waals surface area contributed by atoms with Crippen LogP contribution in [0.25, 0.3) is 0 Å². The summed E-state index contributed by atoms with van der Waals surface area (Å²) in [6.45, 7) is 5.76. The van der Waals surface area contributed by atoms with Crippen molar-refractivity contribution in [1.29, 1.82) is 0 Å². The quantitative estimate of drug-likeness (QED) is 0.842. The Morgan fingerprint density at radius 2 is 2.12 bits per heavy atom. The number of morpholine rings is 1. The largest absolute Gasteiger partial charge is 0.396 e. The first kappa shape index (κ1) is 11.4. The van der Waals surface area contributed by atoms with Crippen LogP contribution in [0.1, 0.15) is 18.4 Å². The molecule has 1 aromatic carbocycles. The Kier molecular flexibility index (Phi) is 3.80. The van der Waals surface area contributed by atoms with Crippen LogP contribution >= 0.6 is 0 Å². The molecule has 1 aromatic rings. The number of benzene rings is 1. The van der Waals surface area contributed by atoms with Gasteiger partial charge in [0, 0.05) is 31.3 Å². The Bertz CT molecular complexity index is 334. The lowest BCUT2D eigenvalue weighted by atomic mass is 10.0. The molecule has 1 heterocycles. The maximum absolute atomic E-state index is 9.16. The van der Waals surface area contributed by atoms with E-state index in [2.05, 4.69) is 29.2 Å². The molecule has 1 saturated heterocycles. The van der Waals surface area contributed by atoms with Crippen molar-refractivity contribution in [3.8, 4) is 0 Å². The lowest BCUT2D eigenvalue weighted by Gasteiger charge is -2.29. The molecular weight excluding hydrogens is 202 g/mol. The van der Waals surface area contributed by atoms with E-state index in [1.165, 1.54) is 11.3 Å². The predicted molar refractivity (Wildman–Crippen MR) is 65.0 cm³/mol. The number of aliphatic hydroxyl groups excluding tert-OH is 1. The van der Waals surface area contributed by atoms with Crippen LogP contribution in [-0.2, 0) is 4.74 Å². The van der Waals surface area contributed by atoms with Crippen molar-refractivity contribution in [3.63, 3.8) is 0 Å². The third kappa shape index (κ3) is 2.54. The van der Waals surface area contributed by atoms with E-state index in [9.17, 15) is 0 Å². The van der Waals surface area contributed by atoms with Gasteiger partial charge in [-0.3, -0.25) is 0 Å². The number of hydrogen-bond acceptors (Lipinski definition) is 3. The van der Waals surface area contributed by atoms with Gasteiger partial charge >= 0.3 is 0 Å². The third-order valence-electron chi connectivity index (χ3n) is 3.09. The Morgan fingerprint density at radius 3 is 2.81 bits per heavy atom. The molecule has 3 nitrogen and oxygen atoms in total. The van der Waals surface area contributed by atoms with Crippen LogP contribution in [0.5, 0.6) is 0 Å². The molecule has 2 rings (SSSR count). The molecule has 1 N–H and O–H groups in total. The number of rotatable bonds is 3. The smallest absolute Gasteiger partial charge is 0.0642 e. The van der Waals surface area contributed by atoms with Gasteiger partial charge in [0.25, 0.3) is 0 Å². The standard InChI is InChI=1S/C13H19NO2/c1-11(10-15)12-3-2-4-13(9-12)14-5-7-16-8-6-14/h2-4,9,11,15H,5-8,10H2,1H3. The summed E-state index contributed by atoms with van der Waals surface area (Å²) in [5, 5.41) is 9.16. The SMILES string of the molecule is CC(CO)c1cccc(N2CCOCC2)c1. The van der Waals surface area contributed by atoms with Crippen molar-refractivity contribution >= 4 is 5.69 Å². The summed E-state index contributed by atoms with van der Waals surface area (Å²) >= 11 is 0. The first-order valence-electron chi connectivity index (χ1n) is 5.85. The monoisotopic (exact) mass is 221 g/mol. The van der Waals surface area contributed by atoms with Gasteiger partial charge in [0.15, 0.2) is 0 Å². The van der Waals surface area contributed by atoms with E-state index in [1.807, 2.05) is 6.92 Å². The third-order valence-corrected chi connectivity index (χ3v) is 3.09. The maximum atomic E-state index is 9.16. The second-order valence-corrected chi connectivity index (χ2v) is 4.28. The second-order valence-electron chi connectivity index (χ2n) is 4.28. The lowest BCUT2D eigenvalue weighted by Crippen LogP contribution is -2.36. The Hall–Kier alpha value is -1.06. The van der Waals surface area contributed by atoms with Crippen LogP contribution in [0, 0.1) is 0 Å². The fraction of sp³-hybridized carbons (Fsp3) is 0.538. The van der Waals surface area contributed by atoms with E-state index in [1.54, 1.807) is 0 Å². The van der Waals surface area contributed by atoms with Crippen molar-refractivity contribution in [2.75, 3.05) is 37.8 Å². The zero-order valence-corrected chi connectivity index (χ0v) is 9.72. The van der Waals surface area contributed by atoms with Crippen molar-refractivity contribution in [1.82, 2.24) is 0 Å². The molecule has 0 spiro atoms. The van der Waals surface area contributed by atoms with E-state index in [0.717, 1.165) is 26.3 Å². The number of anilines is 1. The summed E-state index contributed by atoms with van der Waals surface area (Å²) in [7, 11) is 0. The zero-order chi connectivity index (χ0) is 11.4. The second kappa shape index (κ2) is 5.32. The molecular formula is C13H19NO2. The molecule has 0 saturated carbocycles. The molecule has 0 aliphatic carbocycles. The molecule has 88 valence electrons. The molecule has 1 fully saturated rings. The van der Waals surface area contributed by atoms with Gasteiger partial charge in [-0.1, -0.05) is 19.1 Å². The van der Waals surface area contributed by atoms with Crippen molar-refractivity contribution in [2.24, 2.45) is 0 Å². The Balaban J connectivity index is 2.14. The van der Waals surface area contributed by atoms with Gasteiger partial charge in [-0.2, -0.15) is 0 Å². The van der Waals surface area contributed by atoms with Gasteiger partial charge in [0.1, 0.15) is 0 Å². The number of hydrogen-bond donors (Lipinski definition) is 1.